The van der Waals surface area contributed by atoms with Gasteiger partial charge in [0.15, 0.2) is 4.21 Å². The number of carbonyl (C=O) groups is 1. The highest BCUT2D eigenvalue weighted by atomic mass is 32.2. The molecule has 1 aliphatic heterocycles. The number of rotatable bonds is 3. The van der Waals surface area contributed by atoms with Gasteiger partial charge in [-0.3, -0.25) is 4.79 Å². The van der Waals surface area contributed by atoms with E-state index in [1.807, 2.05) is 0 Å². The number of aliphatic carboxylic acids is 1. The van der Waals surface area contributed by atoms with Crippen LogP contribution in [0.4, 0.5) is 0 Å². The van der Waals surface area contributed by atoms with Crippen molar-refractivity contribution < 1.29 is 18.3 Å². The van der Waals surface area contributed by atoms with Crippen LogP contribution < -0.4 is 0 Å². The standard InChI is InChI=1S/C9H12N2O4S3/c1-6-10-4-8(17-6)18(14,15)11-2-3-16-5-7(11)9(12)13/h4,7H,2-3,5H2,1H3,(H,12,13). The van der Waals surface area contributed by atoms with Gasteiger partial charge in [-0.2, -0.15) is 16.1 Å². The Kier molecular flexibility index (Phi) is 3.95. The number of aromatic nitrogens is 1. The molecular weight excluding hydrogens is 296 g/mol. The smallest absolute Gasteiger partial charge is 0.322 e. The van der Waals surface area contributed by atoms with Crippen LogP contribution in [-0.2, 0) is 14.8 Å². The SMILES string of the molecule is Cc1ncc(S(=O)(=O)N2CCSCC2C(=O)O)s1. The van der Waals surface area contributed by atoms with Crippen molar-refractivity contribution in [1.29, 1.82) is 0 Å². The summed E-state index contributed by atoms with van der Waals surface area (Å²) in [7, 11) is -3.74. The third kappa shape index (κ3) is 2.53. The average Bonchev–Trinajstić information content (AvgIpc) is 2.76. The van der Waals surface area contributed by atoms with Gasteiger partial charge < -0.3 is 5.11 Å². The van der Waals surface area contributed by atoms with E-state index in [0.717, 1.165) is 15.6 Å². The van der Waals surface area contributed by atoms with E-state index < -0.39 is 22.0 Å². The van der Waals surface area contributed by atoms with Crippen molar-refractivity contribution in [3.05, 3.63) is 11.2 Å². The van der Waals surface area contributed by atoms with Crippen molar-refractivity contribution in [2.45, 2.75) is 17.2 Å². The van der Waals surface area contributed by atoms with Gasteiger partial charge in [0.2, 0.25) is 0 Å². The largest absolute Gasteiger partial charge is 0.480 e. The first-order valence-corrected chi connectivity index (χ1v) is 8.59. The van der Waals surface area contributed by atoms with Gasteiger partial charge in [-0.15, -0.1) is 11.3 Å². The van der Waals surface area contributed by atoms with Gasteiger partial charge in [-0.05, 0) is 6.92 Å². The summed E-state index contributed by atoms with van der Waals surface area (Å²) in [5.41, 5.74) is 0. The first kappa shape index (κ1) is 13.8. The van der Waals surface area contributed by atoms with Crippen LogP contribution in [0.1, 0.15) is 5.01 Å². The first-order chi connectivity index (χ1) is 8.43. The Bertz CT molecular complexity index is 554. The van der Waals surface area contributed by atoms with E-state index in [1.165, 1.54) is 18.0 Å². The number of aryl methyl sites for hydroxylation is 1. The predicted octanol–water partition coefficient (Wildman–Crippen LogP) is 0.642. The maximum atomic E-state index is 12.3. The van der Waals surface area contributed by atoms with Gasteiger partial charge in [0.1, 0.15) is 6.04 Å². The first-order valence-electron chi connectivity index (χ1n) is 5.18. The molecule has 1 fully saturated rings. The lowest BCUT2D eigenvalue weighted by Crippen LogP contribution is -2.49. The lowest BCUT2D eigenvalue weighted by molar-refractivity contribution is -0.140. The Balaban J connectivity index is 2.36. The summed E-state index contributed by atoms with van der Waals surface area (Å²) in [5, 5.41) is 9.74. The van der Waals surface area contributed by atoms with Crippen molar-refractivity contribution in [1.82, 2.24) is 9.29 Å². The Labute approximate surface area is 113 Å². The lowest BCUT2D eigenvalue weighted by atomic mass is 10.3. The number of carboxylic acids is 1. The van der Waals surface area contributed by atoms with Crippen LogP contribution in [0.15, 0.2) is 10.4 Å². The number of thiazole rings is 1. The van der Waals surface area contributed by atoms with Crippen LogP contribution in [0.5, 0.6) is 0 Å². The Morgan fingerprint density at radius 1 is 1.61 bits per heavy atom. The van der Waals surface area contributed by atoms with E-state index in [-0.39, 0.29) is 16.5 Å². The third-order valence-corrected chi connectivity index (χ3v) is 6.81. The fourth-order valence-corrected chi connectivity index (χ4v) is 5.72. The molecule has 2 heterocycles. The summed E-state index contributed by atoms with van der Waals surface area (Å²) in [6, 6.07) is -0.990. The van der Waals surface area contributed by atoms with Crippen molar-refractivity contribution in [3.63, 3.8) is 0 Å². The zero-order valence-electron chi connectivity index (χ0n) is 9.57. The maximum Gasteiger partial charge on any atom is 0.322 e. The molecule has 9 heteroatoms. The molecular formula is C9H12N2O4S3. The second-order valence-electron chi connectivity index (χ2n) is 3.74. The third-order valence-electron chi connectivity index (χ3n) is 2.53. The second kappa shape index (κ2) is 5.16. The van der Waals surface area contributed by atoms with E-state index >= 15 is 0 Å². The van der Waals surface area contributed by atoms with Gasteiger partial charge in [0.05, 0.1) is 11.2 Å². The van der Waals surface area contributed by atoms with Crippen molar-refractivity contribution in [2.24, 2.45) is 0 Å². The molecule has 0 bridgehead atoms. The summed E-state index contributed by atoms with van der Waals surface area (Å²) < 4.78 is 25.9. The molecule has 1 saturated heterocycles. The Morgan fingerprint density at radius 2 is 2.33 bits per heavy atom. The fourth-order valence-electron chi connectivity index (χ4n) is 1.65. The van der Waals surface area contributed by atoms with E-state index in [2.05, 4.69) is 4.98 Å². The summed E-state index contributed by atoms with van der Waals surface area (Å²) in [4.78, 5) is 15.0. The minimum absolute atomic E-state index is 0.109. The highest BCUT2D eigenvalue weighted by molar-refractivity contribution is 7.99. The van der Waals surface area contributed by atoms with Crippen molar-refractivity contribution >= 4 is 39.1 Å². The highest BCUT2D eigenvalue weighted by Crippen LogP contribution is 2.27. The van der Waals surface area contributed by atoms with Crippen LogP contribution in [-0.4, -0.2) is 52.9 Å². The zero-order chi connectivity index (χ0) is 13.3. The van der Waals surface area contributed by atoms with Gasteiger partial charge in [0, 0.05) is 18.1 Å². The summed E-state index contributed by atoms with van der Waals surface area (Å²) >= 11 is 2.51. The molecule has 1 atom stereocenters. The number of hydrogen-bond acceptors (Lipinski definition) is 6. The van der Waals surface area contributed by atoms with Crippen molar-refractivity contribution in [3.8, 4) is 0 Å². The monoisotopic (exact) mass is 308 g/mol. The summed E-state index contributed by atoms with van der Waals surface area (Å²) in [6.07, 6.45) is 1.29. The molecule has 1 unspecified atom stereocenters. The Hall–Kier alpha value is -0.640. The molecule has 0 amide bonds. The molecule has 1 aromatic rings. The fraction of sp³-hybridized carbons (Fsp3) is 0.556. The molecule has 2 rings (SSSR count). The molecule has 100 valence electrons. The number of thioether (sulfide) groups is 1. The number of carboxylic acid groups (broad SMARTS) is 1. The molecule has 1 aliphatic rings. The van der Waals surface area contributed by atoms with E-state index in [0.29, 0.717) is 10.8 Å². The highest BCUT2D eigenvalue weighted by Gasteiger charge is 2.38. The van der Waals surface area contributed by atoms with Gasteiger partial charge >= 0.3 is 5.97 Å². The van der Waals surface area contributed by atoms with Crippen LogP contribution in [0, 0.1) is 6.92 Å². The molecule has 6 nitrogen and oxygen atoms in total. The molecule has 0 saturated carbocycles. The number of sulfonamides is 1. The zero-order valence-corrected chi connectivity index (χ0v) is 12.0. The van der Waals surface area contributed by atoms with E-state index in [1.54, 1.807) is 6.92 Å². The molecule has 0 aliphatic carbocycles. The number of hydrogen-bond donors (Lipinski definition) is 1. The topological polar surface area (TPSA) is 87.6 Å². The van der Waals surface area contributed by atoms with Crippen LogP contribution in [0.3, 0.4) is 0 Å². The maximum absolute atomic E-state index is 12.3. The lowest BCUT2D eigenvalue weighted by Gasteiger charge is -2.30. The van der Waals surface area contributed by atoms with E-state index in [4.69, 9.17) is 5.11 Å². The minimum atomic E-state index is -3.74. The number of nitrogens with zero attached hydrogens (tertiary/aromatic N) is 2. The van der Waals surface area contributed by atoms with Crippen LogP contribution in [0.2, 0.25) is 0 Å². The molecule has 0 radical (unpaired) electrons. The Morgan fingerprint density at radius 3 is 2.89 bits per heavy atom. The van der Waals surface area contributed by atoms with Crippen molar-refractivity contribution in [2.75, 3.05) is 18.1 Å². The van der Waals surface area contributed by atoms with Crippen LogP contribution in [0.25, 0.3) is 0 Å². The molecule has 0 aromatic carbocycles. The second-order valence-corrected chi connectivity index (χ2v) is 8.25. The predicted molar refractivity (Wildman–Crippen MR) is 69.5 cm³/mol. The normalized spacial score (nSPS) is 21.9. The minimum Gasteiger partial charge on any atom is -0.480 e. The van der Waals surface area contributed by atoms with Gasteiger partial charge in [-0.25, -0.2) is 13.4 Å². The summed E-state index contributed by atoms with van der Waals surface area (Å²) in [5.74, 6) is -0.209. The summed E-state index contributed by atoms with van der Waals surface area (Å²) in [6.45, 7) is 1.94. The quantitative estimate of drug-likeness (QED) is 0.882. The van der Waals surface area contributed by atoms with Gasteiger partial charge in [-0.1, -0.05) is 0 Å². The average molecular weight is 308 g/mol. The van der Waals surface area contributed by atoms with E-state index in [9.17, 15) is 13.2 Å². The van der Waals surface area contributed by atoms with Gasteiger partial charge in [0.25, 0.3) is 10.0 Å². The molecule has 1 N–H and O–H groups in total. The molecule has 18 heavy (non-hydrogen) atoms. The molecule has 0 spiro atoms. The molecule has 1 aromatic heterocycles. The van der Waals surface area contributed by atoms with Crippen LogP contribution >= 0.6 is 23.1 Å².